The van der Waals surface area contributed by atoms with E-state index in [2.05, 4.69) is 5.32 Å². The van der Waals surface area contributed by atoms with Crippen LogP contribution in [-0.2, 0) is 14.3 Å². The number of hydrogen-bond acceptors (Lipinski definition) is 5. The van der Waals surface area contributed by atoms with Crippen molar-refractivity contribution in [2.75, 3.05) is 39.3 Å². The average Bonchev–Trinajstić information content (AvgIpc) is 2.36. The molecule has 1 saturated heterocycles. The van der Waals surface area contributed by atoms with Gasteiger partial charge in [-0.2, -0.15) is 13.2 Å². The summed E-state index contributed by atoms with van der Waals surface area (Å²) in [4.78, 5) is 24.7. The zero-order valence-corrected chi connectivity index (χ0v) is 11.1. The van der Waals surface area contributed by atoms with Gasteiger partial charge < -0.3 is 15.4 Å². The second-order valence-electron chi connectivity index (χ2n) is 4.33. The van der Waals surface area contributed by atoms with Gasteiger partial charge in [-0.15, -0.1) is 0 Å². The highest BCUT2D eigenvalue weighted by atomic mass is 19.4. The summed E-state index contributed by atoms with van der Waals surface area (Å²) >= 11 is 0. The Balaban J connectivity index is 2.49. The molecule has 116 valence electrons. The number of rotatable bonds is 5. The van der Waals surface area contributed by atoms with Crippen molar-refractivity contribution in [1.29, 1.82) is 0 Å². The lowest BCUT2D eigenvalue weighted by molar-refractivity contribution is -0.151. The summed E-state index contributed by atoms with van der Waals surface area (Å²) in [5.41, 5.74) is 0. The van der Waals surface area contributed by atoms with E-state index in [1.807, 2.05) is 0 Å². The highest BCUT2D eigenvalue weighted by molar-refractivity contribution is 5.80. The molecule has 1 unspecified atom stereocenters. The topological polar surface area (TPSA) is 70.7 Å². The Hall–Kier alpha value is -1.35. The van der Waals surface area contributed by atoms with Crippen LogP contribution in [0.2, 0.25) is 0 Å². The van der Waals surface area contributed by atoms with Crippen LogP contribution in [0.5, 0.6) is 0 Å². The Morgan fingerprint density at radius 1 is 1.45 bits per heavy atom. The third-order valence-electron chi connectivity index (χ3n) is 2.75. The normalized spacial score (nSPS) is 20.5. The molecule has 0 radical (unpaired) electrons. The molecule has 0 spiro atoms. The predicted octanol–water partition coefficient (Wildman–Crippen LogP) is -0.498. The van der Waals surface area contributed by atoms with Gasteiger partial charge in [0.2, 0.25) is 5.91 Å². The molecule has 1 aliphatic heterocycles. The van der Waals surface area contributed by atoms with E-state index in [0.29, 0.717) is 19.6 Å². The van der Waals surface area contributed by atoms with Crippen molar-refractivity contribution < 1.29 is 27.5 Å². The lowest BCUT2D eigenvalue weighted by Crippen LogP contribution is -2.57. The summed E-state index contributed by atoms with van der Waals surface area (Å²) in [5.74, 6) is -1.25. The van der Waals surface area contributed by atoms with E-state index in [-0.39, 0.29) is 13.2 Å². The van der Waals surface area contributed by atoms with Crippen LogP contribution in [0.15, 0.2) is 0 Å². The number of piperazine rings is 1. The molecule has 6 nitrogen and oxygen atoms in total. The van der Waals surface area contributed by atoms with Crippen molar-refractivity contribution in [1.82, 2.24) is 15.5 Å². The number of nitrogens with one attached hydrogen (secondary N) is 2. The van der Waals surface area contributed by atoms with Crippen LogP contribution in [0.25, 0.3) is 0 Å². The third kappa shape index (κ3) is 5.74. The zero-order valence-electron chi connectivity index (χ0n) is 11.1. The average molecular weight is 297 g/mol. The first-order valence-electron chi connectivity index (χ1n) is 6.28. The number of carbonyl (C=O) groups is 2. The Morgan fingerprint density at radius 2 is 2.15 bits per heavy atom. The van der Waals surface area contributed by atoms with E-state index in [9.17, 15) is 22.8 Å². The van der Waals surface area contributed by atoms with Gasteiger partial charge in [0.15, 0.2) is 0 Å². The van der Waals surface area contributed by atoms with Crippen LogP contribution in [0, 0.1) is 0 Å². The number of ether oxygens (including phenoxy) is 1. The van der Waals surface area contributed by atoms with Gasteiger partial charge in [0.05, 0.1) is 13.2 Å². The van der Waals surface area contributed by atoms with Crippen molar-refractivity contribution in [2.45, 2.75) is 19.1 Å². The molecule has 0 saturated carbocycles. The lowest BCUT2D eigenvalue weighted by atomic mass is 10.2. The van der Waals surface area contributed by atoms with Gasteiger partial charge in [0.1, 0.15) is 12.6 Å². The van der Waals surface area contributed by atoms with E-state index < -0.39 is 30.6 Å². The second kappa shape index (κ2) is 7.44. The first-order chi connectivity index (χ1) is 9.33. The Kier molecular flexibility index (Phi) is 6.21. The molecule has 1 aliphatic rings. The van der Waals surface area contributed by atoms with Crippen molar-refractivity contribution in [3.63, 3.8) is 0 Å². The summed E-state index contributed by atoms with van der Waals surface area (Å²) in [6, 6.07) is -0.652. The summed E-state index contributed by atoms with van der Waals surface area (Å²) in [7, 11) is 0. The fourth-order valence-electron chi connectivity index (χ4n) is 1.85. The molecule has 0 aliphatic carbocycles. The van der Waals surface area contributed by atoms with Crippen LogP contribution < -0.4 is 10.6 Å². The number of carbonyl (C=O) groups excluding carboxylic acids is 2. The lowest BCUT2D eigenvalue weighted by Gasteiger charge is -2.33. The van der Waals surface area contributed by atoms with Crippen LogP contribution in [-0.4, -0.2) is 68.3 Å². The van der Waals surface area contributed by atoms with Gasteiger partial charge in [-0.1, -0.05) is 0 Å². The van der Waals surface area contributed by atoms with E-state index in [1.54, 1.807) is 12.2 Å². The van der Waals surface area contributed by atoms with Crippen LogP contribution in [0.1, 0.15) is 6.92 Å². The van der Waals surface area contributed by atoms with Gasteiger partial charge >= 0.3 is 12.1 Å². The molecule has 9 heteroatoms. The van der Waals surface area contributed by atoms with Crippen LogP contribution >= 0.6 is 0 Å². The van der Waals surface area contributed by atoms with Crippen LogP contribution in [0.3, 0.4) is 0 Å². The van der Waals surface area contributed by atoms with Gasteiger partial charge in [0.25, 0.3) is 0 Å². The van der Waals surface area contributed by atoms with E-state index in [0.717, 1.165) is 0 Å². The first kappa shape index (κ1) is 16.7. The van der Waals surface area contributed by atoms with E-state index >= 15 is 0 Å². The number of amides is 1. The van der Waals surface area contributed by atoms with Crippen LogP contribution in [0.4, 0.5) is 13.2 Å². The first-order valence-corrected chi connectivity index (χ1v) is 6.28. The standard InChI is InChI=1S/C11H18F3N3O3/c1-2-20-10(19)8-5-15-3-4-17(8)6-9(18)16-7-11(12,13)14/h8,15H,2-7H2,1H3,(H,16,18). The highest BCUT2D eigenvalue weighted by Gasteiger charge is 2.32. The monoisotopic (exact) mass is 297 g/mol. The Morgan fingerprint density at radius 3 is 2.75 bits per heavy atom. The summed E-state index contributed by atoms with van der Waals surface area (Å²) in [6.45, 7) is 1.50. The fraction of sp³-hybridized carbons (Fsp3) is 0.818. The second-order valence-corrected chi connectivity index (χ2v) is 4.33. The molecule has 0 aromatic rings. The maximum absolute atomic E-state index is 12.0. The fourth-order valence-corrected chi connectivity index (χ4v) is 1.85. The summed E-state index contributed by atoms with van der Waals surface area (Å²) < 4.78 is 40.8. The van der Waals surface area contributed by atoms with Gasteiger partial charge in [-0.3, -0.25) is 14.5 Å². The van der Waals surface area contributed by atoms with Crippen molar-refractivity contribution >= 4 is 11.9 Å². The molecule has 0 aromatic carbocycles. The van der Waals surface area contributed by atoms with Crippen molar-refractivity contribution in [3.8, 4) is 0 Å². The molecule has 1 fully saturated rings. The van der Waals surface area contributed by atoms with Gasteiger partial charge in [-0.25, -0.2) is 0 Å². The molecule has 1 amide bonds. The van der Waals surface area contributed by atoms with E-state index in [1.165, 1.54) is 4.90 Å². The smallest absolute Gasteiger partial charge is 0.405 e. The van der Waals surface area contributed by atoms with Gasteiger partial charge in [0, 0.05) is 19.6 Å². The number of esters is 1. The molecule has 1 atom stereocenters. The summed E-state index contributed by atoms with van der Waals surface area (Å²) in [5, 5.41) is 4.76. The SMILES string of the molecule is CCOC(=O)C1CNCCN1CC(=O)NCC(F)(F)F. The molecule has 1 heterocycles. The predicted molar refractivity (Wildman–Crippen MR) is 63.9 cm³/mol. The third-order valence-corrected chi connectivity index (χ3v) is 2.75. The van der Waals surface area contributed by atoms with Gasteiger partial charge in [-0.05, 0) is 6.92 Å². The molecular formula is C11H18F3N3O3. The molecule has 20 heavy (non-hydrogen) atoms. The molecule has 1 rings (SSSR count). The van der Waals surface area contributed by atoms with Crippen molar-refractivity contribution in [3.05, 3.63) is 0 Å². The Bertz CT molecular complexity index is 350. The molecule has 0 bridgehead atoms. The Labute approximate surface area is 114 Å². The minimum Gasteiger partial charge on any atom is -0.465 e. The zero-order chi connectivity index (χ0) is 15.2. The minimum atomic E-state index is -4.44. The number of nitrogens with zero attached hydrogens (tertiary/aromatic N) is 1. The molecular weight excluding hydrogens is 279 g/mol. The quantitative estimate of drug-likeness (QED) is 0.670. The van der Waals surface area contributed by atoms with Crippen molar-refractivity contribution in [2.24, 2.45) is 0 Å². The minimum absolute atomic E-state index is 0.212. The maximum atomic E-state index is 12.0. The number of halogens is 3. The highest BCUT2D eigenvalue weighted by Crippen LogP contribution is 2.12. The molecule has 2 N–H and O–H groups in total. The van der Waals surface area contributed by atoms with E-state index in [4.69, 9.17) is 4.74 Å². The number of alkyl halides is 3. The molecule has 0 aromatic heterocycles. The number of hydrogen-bond donors (Lipinski definition) is 2. The maximum Gasteiger partial charge on any atom is 0.405 e. The largest absolute Gasteiger partial charge is 0.465 e. The summed E-state index contributed by atoms with van der Waals surface area (Å²) in [6.07, 6.45) is -4.44.